The maximum atomic E-state index is 13.6. The third-order valence-corrected chi connectivity index (χ3v) is 14.6. The molecule has 28 nitrogen and oxygen atoms in total. The van der Waals surface area contributed by atoms with Crippen molar-refractivity contribution in [2.45, 2.75) is 19.6 Å². The number of carboxylic acids is 2. The first-order valence-corrected chi connectivity index (χ1v) is 27.3. The van der Waals surface area contributed by atoms with Crippen LogP contribution in [0.25, 0.3) is 33.7 Å². The smallest absolute Gasteiger partial charge is 0.871 e. The van der Waals surface area contributed by atoms with Crippen LogP contribution < -0.4 is 139 Å². The zero-order valence-electron chi connectivity index (χ0n) is 43.8. The van der Waals surface area contributed by atoms with Crippen molar-refractivity contribution < 1.29 is 244 Å². The Kier molecular flexibility index (Phi) is 28.0. The van der Waals surface area contributed by atoms with Crippen LogP contribution in [0.15, 0.2) is 184 Å². The van der Waals surface area contributed by atoms with E-state index < -0.39 is 128 Å². The largest absolute Gasteiger partial charge is 2.00 e. The standard InChI is InChI=1S/C48H32N8O20S4.2Cu.4Na/c57-45-35-21-29(15-11-27(35)19-41(79(71,72)73)43(45)51-49-37-7-3-1-5-33(37)47(59)60)53-55(63)31-17-13-25(39(23-31)77(65,66)67)9-10-26-14-18-32(24-40(26)78(68,69)70)56(64)54-30-16-12-28-20-42(80(74,75)76)44(46(58)36(28)22-30)52-50-38-8-4-2-6-34(38)48(61)62;;;;;;/h1-24,57-58H,(H,59,60)(H,61,62)(H,65,66,67)(H,68,69,70)(H,71,72,73)(H,74,75,76);;;;;;/q;2*+2;4*+1/p-8. The minimum atomic E-state index is -5.50. The molecule has 0 aromatic heterocycles. The minimum absolute atomic E-state index is 0. The molecule has 0 N–H and O–H groups in total. The van der Waals surface area contributed by atoms with Gasteiger partial charge < -0.3 is 58.6 Å². The van der Waals surface area contributed by atoms with Crippen LogP contribution in [0.4, 0.5) is 45.5 Å². The Morgan fingerprint density at radius 3 is 1.06 bits per heavy atom. The van der Waals surface area contributed by atoms with Gasteiger partial charge in [0.05, 0.1) is 54.3 Å². The average molecular weight is 1380 g/mol. The van der Waals surface area contributed by atoms with E-state index in [1.807, 2.05) is 0 Å². The van der Waals surface area contributed by atoms with Gasteiger partial charge in [-0.25, -0.2) is 33.7 Å². The molecule has 8 rings (SSSR count). The van der Waals surface area contributed by atoms with Gasteiger partial charge in [-0.1, -0.05) is 81.9 Å². The van der Waals surface area contributed by atoms with E-state index in [1.165, 1.54) is 24.3 Å². The number of fused-ring (bicyclic) bond motifs is 2. The SMILES string of the molecule is O=C([O-])c1ccccc1N=Nc1c(S(=O)(=O)[O-])cc2ccc(N=[N+]([O-])c3ccc(C=Cc4ccc([N+]([O-])=Nc5ccc6cc(S(=O)(=O)[O-])c(N=Nc7ccccc7C(=O)[O-])c([O-])c6c5)cc4S(=O)(=O)[O-])c(S(=O)(=O)[O-])c3)cc2c1[O-].[Cu+2].[Cu+2].[Na+].[Na+].[Na+].[Na+]. The third-order valence-electron chi connectivity index (χ3n) is 11.2. The molecule has 0 aliphatic heterocycles. The zero-order chi connectivity index (χ0) is 58.2. The van der Waals surface area contributed by atoms with Crippen molar-refractivity contribution in [1.29, 1.82) is 0 Å². The Morgan fingerprint density at radius 1 is 0.419 bits per heavy atom. The molecular weight excluding hydrogens is 1360 g/mol. The van der Waals surface area contributed by atoms with E-state index in [4.69, 9.17) is 0 Å². The first-order chi connectivity index (χ1) is 37.5. The van der Waals surface area contributed by atoms with Crippen molar-refractivity contribution >= 4 is 132 Å². The minimum Gasteiger partial charge on any atom is -0.871 e. The summed E-state index contributed by atoms with van der Waals surface area (Å²) >= 11 is 0. The van der Waals surface area contributed by atoms with Gasteiger partial charge in [-0.3, -0.25) is 0 Å². The number of benzene rings is 8. The zero-order valence-corrected chi connectivity index (χ0v) is 57.0. The number of hydrogen-bond acceptors (Lipinski definition) is 26. The molecule has 0 saturated heterocycles. The van der Waals surface area contributed by atoms with E-state index in [-0.39, 0.29) is 206 Å². The van der Waals surface area contributed by atoms with E-state index in [0.717, 1.165) is 109 Å². The summed E-state index contributed by atoms with van der Waals surface area (Å²) in [4.78, 5) is 18.2. The molecule has 0 bridgehead atoms. The topological polar surface area (TPSA) is 481 Å². The van der Waals surface area contributed by atoms with Crippen molar-refractivity contribution in [3.8, 4) is 11.5 Å². The van der Waals surface area contributed by atoms with Crippen molar-refractivity contribution in [3.63, 3.8) is 0 Å². The summed E-state index contributed by atoms with van der Waals surface area (Å²) in [7, 11) is -21.8. The Balaban J connectivity index is 0.00000420. The Bertz CT molecular complexity index is 4350. The van der Waals surface area contributed by atoms with E-state index in [9.17, 15) is 92.3 Å². The van der Waals surface area contributed by atoms with Crippen molar-refractivity contribution in [2.75, 3.05) is 0 Å². The van der Waals surface area contributed by atoms with E-state index >= 15 is 0 Å². The summed E-state index contributed by atoms with van der Waals surface area (Å²) in [5.41, 5.74) is -6.72. The second-order valence-electron chi connectivity index (χ2n) is 16.3. The Morgan fingerprint density at radius 2 is 0.744 bits per heavy atom. The summed E-state index contributed by atoms with van der Waals surface area (Å²) in [5, 5.41) is 97.7. The number of carbonyl (C=O) groups excluding carboxylic acids is 2. The number of carboxylic acid groups (broad SMARTS) is 2. The van der Waals surface area contributed by atoms with Crippen LogP contribution in [0.5, 0.6) is 11.5 Å². The summed E-state index contributed by atoms with van der Waals surface area (Å²) in [5.74, 6) is -5.87. The molecule has 0 saturated carbocycles. The van der Waals surface area contributed by atoms with Crippen LogP contribution >= 0.6 is 0 Å². The predicted octanol–water partition coefficient (Wildman–Crippen LogP) is -6.65. The summed E-state index contributed by atoms with van der Waals surface area (Å²) in [6.07, 6.45) is 1.72. The summed E-state index contributed by atoms with van der Waals surface area (Å²) < 4.78 is 148. The first kappa shape index (κ1) is 77.3. The second-order valence-corrected chi connectivity index (χ2v) is 21.7. The van der Waals surface area contributed by atoms with Gasteiger partial charge in [-0.2, -0.15) is 0 Å². The molecule has 0 unspecified atom stereocenters. The molecule has 38 heteroatoms. The van der Waals surface area contributed by atoms with Gasteiger partial charge in [-0.15, -0.1) is 20.5 Å². The van der Waals surface area contributed by atoms with Gasteiger partial charge in [0.1, 0.15) is 51.8 Å². The van der Waals surface area contributed by atoms with Gasteiger partial charge >= 0.3 is 152 Å². The fourth-order valence-corrected chi connectivity index (χ4v) is 10.2. The molecule has 426 valence electrons. The molecule has 8 aromatic rings. The van der Waals surface area contributed by atoms with E-state index in [1.54, 1.807) is 0 Å². The quantitative estimate of drug-likeness (QED) is 0.0217. The monoisotopic (exact) mass is 1380 g/mol. The predicted molar refractivity (Wildman–Crippen MR) is 261 cm³/mol. The van der Waals surface area contributed by atoms with Crippen molar-refractivity contribution in [2.24, 2.45) is 30.7 Å². The van der Waals surface area contributed by atoms with Gasteiger partial charge in [0.15, 0.2) is 0 Å². The molecule has 2 radical (unpaired) electrons. The summed E-state index contributed by atoms with van der Waals surface area (Å²) in [6.45, 7) is 0. The number of hydrogen-bond donors (Lipinski definition) is 0. The molecule has 86 heavy (non-hydrogen) atoms. The van der Waals surface area contributed by atoms with Gasteiger partial charge in [0.25, 0.3) is 0 Å². The average Bonchev–Trinajstić information content (AvgIpc) is 2.26. The number of aromatic carboxylic acids is 2. The normalized spacial score (nSPS) is 12.1. The van der Waals surface area contributed by atoms with Crippen LogP contribution in [-0.4, -0.2) is 73.5 Å². The summed E-state index contributed by atoms with van der Waals surface area (Å²) in [6, 6.07) is 22.3. The molecule has 0 aliphatic carbocycles. The van der Waals surface area contributed by atoms with Crippen LogP contribution in [0.2, 0.25) is 0 Å². The second kappa shape index (κ2) is 31.1. The van der Waals surface area contributed by atoms with Gasteiger partial charge in [-0.05, 0) is 93.3 Å². The molecule has 8 aromatic carbocycles. The van der Waals surface area contributed by atoms with Crippen LogP contribution in [0.3, 0.4) is 0 Å². The molecule has 0 spiro atoms. The molecule has 0 amide bonds. The third kappa shape index (κ3) is 18.0. The number of azo groups is 4. The van der Waals surface area contributed by atoms with E-state index in [2.05, 4.69) is 30.7 Å². The Hall–Kier alpha value is -4.76. The van der Waals surface area contributed by atoms with Crippen molar-refractivity contribution in [3.05, 3.63) is 166 Å². The fraction of sp³-hybridized carbons (Fsp3) is 0. The maximum absolute atomic E-state index is 13.6. The van der Waals surface area contributed by atoms with Crippen molar-refractivity contribution in [1.82, 2.24) is 0 Å². The van der Waals surface area contributed by atoms with Crippen LogP contribution in [0.1, 0.15) is 31.8 Å². The van der Waals surface area contributed by atoms with Crippen LogP contribution in [-0.2, 0) is 74.6 Å². The maximum Gasteiger partial charge on any atom is 2.00 e. The number of rotatable bonds is 16. The molecule has 0 fully saturated rings. The van der Waals surface area contributed by atoms with Gasteiger partial charge in [0, 0.05) is 45.6 Å². The molecule has 0 heterocycles. The van der Waals surface area contributed by atoms with E-state index in [0.29, 0.717) is 12.1 Å². The Labute approximate surface area is 595 Å². The molecular formula is C48H24Cu2N8Na4O20S4. The number of nitrogens with zero attached hydrogens (tertiary/aromatic N) is 8. The van der Waals surface area contributed by atoms with Gasteiger partial charge in [0.2, 0.25) is 11.4 Å². The molecule has 0 atom stereocenters. The van der Waals surface area contributed by atoms with Crippen LogP contribution in [0, 0.1) is 10.4 Å². The first-order valence-electron chi connectivity index (χ1n) is 21.7. The molecule has 0 aliphatic rings. The fourth-order valence-electron chi connectivity index (χ4n) is 7.50. The number of carbonyl (C=O) groups is 2.